The van der Waals surface area contributed by atoms with E-state index in [1.807, 2.05) is 6.92 Å². The molecule has 0 bridgehead atoms. The van der Waals surface area contributed by atoms with Gasteiger partial charge in [0.25, 0.3) is 0 Å². The summed E-state index contributed by atoms with van der Waals surface area (Å²) in [5.74, 6) is 0.935. The molecule has 2 rings (SSSR count). The zero-order valence-electron chi connectivity index (χ0n) is 13.4. The predicted octanol–water partition coefficient (Wildman–Crippen LogP) is 2.11. The van der Waals surface area contributed by atoms with Crippen molar-refractivity contribution in [1.29, 1.82) is 0 Å². The molecular formula is C17H29N3O. The van der Waals surface area contributed by atoms with E-state index in [1.54, 1.807) is 0 Å². The summed E-state index contributed by atoms with van der Waals surface area (Å²) in [5, 5.41) is 0. The lowest BCUT2D eigenvalue weighted by Crippen LogP contribution is -2.49. The summed E-state index contributed by atoms with van der Waals surface area (Å²) in [7, 11) is 0. The van der Waals surface area contributed by atoms with Crippen LogP contribution in [0, 0.1) is 0 Å². The Morgan fingerprint density at radius 2 is 1.76 bits per heavy atom. The van der Waals surface area contributed by atoms with Gasteiger partial charge in [0, 0.05) is 38.8 Å². The average molecular weight is 291 g/mol. The molecule has 1 atom stereocenters. The monoisotopic (exact) mass is 291 g/mol. The first-order valence-corrected chi connectivity index (χ1v) is 8.17. The van der Waals surface area contributed by atoms with E-state index in [0.29, 0.717) is 19.2 Å². The van der Waals surface area contributed by atoms with Crippen LogP contribution in [-0.4, -0.2) is 55.7 Å². The zero-order valence-corrected chi connectivity index (χ0v) is 13.4. The van der Waals surface area contributed by atoms with Gasteiger partial charge in [-0.3, -0.25) is 4.90 Å². The van der Waals surface area contributed by atoms with Gasteiger partial charge in [0.05, 0.1) is 6.61 Å². The number of benzene rings is 1. The fourth-order valence-electron chi connectivity index (χ4n) is 3.06. The Labute approximate surface area is 128 Å². The molecule has 118 valence electrons. The van der Waals surface area contributed by atoms with Crippen LogP contribution in [-0.2, 0) is 0 Å². The molecule has 0 aliphatic carbocycles. The van der Waals surface area contributed by atoms with E-state index in [0.717, 1.165) is 31.9 Å². The van der Waals surface area contributed by atoms with Crippen LogP contribution in [0.4, 0.5) is 0 Å². The molecule has 0 spiro atoms. The van der Waals surface area contributed by atoms with Crippen molar-refractivity contribution in [3.05, 3.63) is 29.8 Å². The van der Waals surface area contributed by atoms with Crippen molar-refractivity contribution >= 4 is 0 Å². The highest BCUT2D eigenvalue weighted by Crippen LogP contribution is 2.23. The molecule has 1 unspecified atom stereocenters. The standard InChI is InChI=1S/C17H29N3O/c1-3-9-19-10-12-20(13-11-19)17(14-18)15-5-7-16(8-6-15)21-4-2/h5-8,17H,3-4,9-14,18H2,1-2H3. The molecule has 0 aromatic heterocycles. The highest BCUT2D eigenvalue weighted by atomic mass is 16.5. The molecule has 1 saturated heterocycles. The number of piperazine rings is 1. The van der Waals surface area contributed by atoms with Crippen molar-refractivity contribution in [3.8, 4) is 5.75 Å². The number of hydrogen-bond acceptors (Lipinski definition) is 4. The number of ether oxygens (including phenoxy) is 1. The summed E-state index contributed by atoms with van der Waals surface area (Å²) < 4.78 is 5.51. The number of nitrogens with two attached hydrogens (primary N) is 1. The second kappa shape index (κ2) is 8.37. The molecule has 1 aromatic rings. The predicted molar refractivity (Wildman–Crippen MR) is 87.7 cm³/mol. The van der Waals surface area contributed by atoms with Crippen LogP contribution in [0.5, 0.6) is 5.75 Å². The fourth-order valence-corrected chi connectivity index (χ4v) is 3.06. The summed E-state index contributed by atoms with van der Waals surface area (Å²) in [6.07, 6.45) is 1.24. The molecular weight excluding hydrogens is 262 g/mol. The second-order valence-corrected chi connectivity index (χ2v) is 5.63. The molecule has 0 saturated carbocycles. The molecule has 21 heavy (non-hydrogen) atoms. The minimum absolute atomic E-state index is 0.324. The van der Waals surface area contributed by atoms with E-state index >= 15 is 0 Å². The molecule has 1 fully saturated rings. The van der Waals surface area contributed by atoms with E-state index in [-0.39, 0.29) is 0 Å². The van der Waals surface area contributed by atoms with Gasteiger partial charge in [-0.05, 0) is 37.6 Å². The fraction of sp³-hybridized carbons (Fsp3) is 0.647. The first kappa shape index (κ1) is 16.3. The molecule has 1 aromatic carbocycles. The minimum Gasteiger partial charge on any atom is -0.494 e. The summed E-state index contributed by atoms with van der Waals surface area (Å²) in [4.78, 5) is 5.06. The van der Waals surface area contributed by atoms with Gasteiger partial charge >= 0.3 is 0 Å². The summed E-state index contributed by atoms with van der Waals surface area (Å²) in [6.45, 7) is 11.4. The third-order valence-electron chi connectivity index (χ3n) is 4.19. The van der Waals surface area contributed by atoms with E-state index in [9.17, 15) is 0 Å². The molecule has 0 radical (unpaired) electrons. The van der Waals surface area contributed by atoms with Gasteiger partial charge in [-0.2, -0.15) is 0 Å². The van der Waals surface area contributed by atoms with Crippen LogP contribution in [0.1, 0.15) is 31.9 Å². The Hall–Kier alpha value is -1.10. The molecule has 1 aliphatic rings. The SMILES string of the molecule is CCCN1CCN(C(CN)c2ccc(OCC)cc2)CC1. The lowest BCUT2D eigenvalue weighted by Gasteiger charge is -2.39. The van der Waals surface area contributed by atoms with Crippen LogP contribution in [0.15, 0.2) is 24.3 Å². The van der Waals surface area contributed by atoms with Gasteiger partial charge in [-0.25, -0.2) is 0 Å². The van der Waals surface area contributed by atoms with Crippen molar-refractivity contribution in [3.63, 3.8) is 0 Å². The zero-order chi connectivity index (χ0) is 15.1. The Morgan fingerprint density at radius 1 is 1.10 bits per heavy atom. The van der Waals surface area contributed by atoms with Gasteiger partial charge < -0.3 is 15.4 Å². The van der Waals surface area contributed by atoms with E-state index < -0.39 is 0 Å². The maximum absolute atomic E-state index is 6.04. The smallest absolute Gasteiger partial charge is 0.119 e. The molecule has 0 amide bonds. The maximum Gasteiger partial charge on any atom is 0.119 e. The topological polar surface area (TPSA) is 41.7 Å². The van der Waals surface area contributed by atoms with E-state index in [1.165, 1.54) is 18.5 Å². The van der Waals surface area contributed by atoms with Crippen LogP contribution < -0.4 is 10.5 Å². The minimum atomic E-state index is 0.324. The summed E-state index contributed by atoms with van der Waals surface area (Å²) in [6, 6.07) is 8.73. The largest absolute Gasteiger partial charge is 0.494 e. The lowest BCUT2D eigenvalue weighted by molar-refractivity contribution is 0.0985. The molecule has 1 heterocycles. The van der Waals surface area contributed by atoms with Crippen molar-refractivity contribution in [2.24, 2.45) is 5.73 Å². The van der Waals surface area contributed by atoms with Crippen molar-refractivity contribution in [2.45, 2.75) is 26.3 Å². The van der Waals surface area contributed by atoms with Gasteiger partial charge in [0.2, 0.25) is 0 Å². The summed E-state index contributed by atoms with van der Waals surface area (Å²) >= 11 is 0. The van der Waals surface area contributed by atoms with Crippen LogP contribution >= 0.6 is 0 Å². The second-order valence-electron chi connectivity index (χ2n) is 5.63. The first-order chi connectivity index (χ1) is 10.3. The van der Waals surface area contributed by atoms with Gasteiger partial charge in [-0.15, -0.1) is 0 Å². The molecule has 4 heteroatoms. The lowest BCUT2D eigenvalue weighted by atomic mass is 10.0. The number of nitrogens with zero attached hydrogens (tertiary/aromatic N) is 2. The van der Waals surface area contributed by atoms with Gasteiger partial charge in [0.15, 0.2) is 0 Å². The van der Waals surface area contributed by atoms with Gasteiger partial charge in [-0.1, -0.05) is 19.1 Å². The summed E-state index contributed by atoms with van der Waals surface area (Å²) in [5.41, 5.74) is 7.34. The Bertz CT molecular complexity index is 399. The third kappa shape index (κ3) is 4.43. The number of rotatable bonds is 7. The normalized spacial score (nSPS) is 18.6. The molecule has 1 aliphatic heterocycles. The molecule has 4 nitrogen and oxygen atoms in total. The van der Waals surface area contributed by atoms with Crippen molar-refractivity contribution < 1.29 is 4.74 Å². The maximum atomic E-state index is 6.04. The first-order valence-electron chi connectivity index (χ1n) is 8.17. The van der Waals surface area contributed by atoms with E-state index in [2.05, 4.69) is 41.0 Å². The Morgan fingerprint density at radius 3 is 2.29 bits per heavy atom. The highest BCUT2D eigenvalue weighted by Gasteiger charge is 2.23. The Kier molecular flexibility index (Phi) is 6.49. The average Bonchev–Trinajstić information content (AvgIpc) is 2.52. The Balaban J connectivity index is 1.96. The van der Waals surface area contributed by atoms with Crippen LogP contribution in [0.25, 0.3) is 0 Å². The third-order valence-corrected chi connectivity index (χ3v) is 4.19. The molecule has 2 N–H and O–H groups in total. The van der Waals surface area contributed by atoms with Crippen molar-refractivity contribution in [2.75, 3.05) is 45.9 Å². The van der Waals surface area contributed by atoms with E-state index in [4.69, 9.17) is 10.5 Å². The van der Waals surface area contributed by atoms with Crippen LogP contribution in [0.2, 0.25) is 0 Å². The quantitative estimate of drug-likeness (QED) is 0.835. The highest BCUT2D eigenvalue weighted by molar-refractivity contribution is 5.29. The van der Waals surface area contributed by atoms with Crippen LogP contribution in [0.3, 0.4) is 0 Å². The number of hydrogen-bond donors (Lipinski definition) is 1. The van der Waals surface area contributed by atoms with Gasteiger partial charge in [0.1, 0.15) is 5.75 Å². The van der Waals surface area contributed by atoms with Crippen molar-refractivity contribution in [1.82, 2.24) is 9.80 Å².